The molecule has 0 aromatic carbocycles. The molecule has 4 unspecified atom stereocenters. The molecule has 14 nitrogen and oxygen atoms in total. The Kier molecular flexibility index (Phi) is 10.8. The van der Waals surface area contributed by atoms with Crippen LogP contribution in [-0.2, 0) is 42.8 Å². The molecule has 4 saturated carbocycles. The standard InChI is InChI=1S/C42H64O14/c1-37(2)13-14-39(5)15-16-41(7)21(22(39)18-37)17-23(45)32-40(6)11-10-25(38(3,4)24(40)9-12-42(32,41)8)53-36-31(27(47)30(50)34(56-36)52-20-44)54-35-29(49)26(46)28(48)33(55-35)51-19-43/h17,19-20,22,24-36,46-50H,9-16,18H2,1-8H3/t22-,24-,25-,26-,27-,28-,29?,30-,31?,32+,33?,34?,35+,36-,39+,40-,41+,42+/m0/s1. The number of ketones is 1. The molecule has 0 aromatic heterocycles. The molecule has 2 aliphatic heterocycles. The Morgan fingerprint density at radius 2 is 1.27 bits per heavy atom. The smallest absolute Gasteiger partial charge is 0.295 e. The summed E-state index contributed by atoms with van der Waals surface area (Å²) in [6.45, 7) is 18.6. The van der Waals surface area contributed by atoms with Crippen molar-refractivity contribution in [3.05, 3.63) is 11.6 Å². The van der Waals surface area contributed by atoms with Gasteiger partial charge in [-0.15, -0.1) is 0 Å². The summed E-state index contributed by atoms with van der Waals surface area (Å²) in [4.78, 5) is 37.3. The molecule has 5 N–H and O–H groups in total. The van der Waals surface area contributed by atoms with E-state index >= 15 is 0 Å². The monoisotopic (exact) mass is 792 g/mol. The van der Waals surface area contributed by atoms with Crippen molar-refractivity contribution < 1.29 is 68.3 Å². The van der Waals surface area contributed by atoms with Gasteiger partial charge in [-0.3, -0.25) is 14.4 Å². The van der Waals surface area contributed by atoms with Gasteiger partial charge in [0, 0.05) is 5.92 Å². The lowest BCUT2D eigenvalue weighted by Crippen LogP contribution is -2.67. The highest BCUT2D eigenvalue weighted by Crippen LogP contribution is 2.75. The van der Waals surface area contributed by atoms with Crippen molar-refractivity contribution >= 4 is 18.7 Å². The van der Waals surface area contributed by atoms with Gasteiger partial charge in [0.1, 0.15) is 36.6 Å². The number of hydrogen-bond donors (Lipinski definition) is 5. The van der Waals surface area contributed by atoms with Crippen LogP contribution in [0.2, 0.25) is 0 Å². The zero-order chi connectivity index (χ0) is 41.0. The maximum absolute atomic E-state index is 14.8. The van der Waals surface area contributed by atoms with Crippen LogP contribution in [0.3, 0.4) is 0 Å². The highest BCUT2D eigenvalue weighted by atomic mass is 16.8. The zero-order valence-corrected chi connectivity index (χ0v) is 34.1. The van der Waals surface area contributed by atoms with Gasteiger partial charge in [0.2, 0.25) is 12.6 Å². The summed E-state index contributed by atoms with van der Waals surface area (Å²) in [5.41, 5.74) is 0.559. The number of hydrogen-bond acceptors (Lipinski definition) is 14. The van der Waals surface area contributed by atoms with E-state index in [-0.39, 0.29) is 57.6 Å². The molecule has 5 aliphatic carbocycles. The second kappa shape index (κ2) is 14.3. The maximum Gasteiger partial charge on any atom is 0.295 e. The topological polar surface area (TPSA) is 208 Å². The third-order valence-electron chi connectivity index (χ3n) is 16.7. The van der Waals surface area contributed by atoms with E-state index < -0.39 is 73.3 Å². The minimum atomic E-state index is -1.87. The Hall–Kier alpha value is -2.01. The quantitative estimate of drug-likeness (QED) is 0.177. The summed E-state index contributed by atoms with van der Waals surface area (Å²) >= 11 is 0. The van der Waals surface area contributed by atoms with Crippen molar-refractivity contribution in [3.8, 4) is 0 Å². The molecule has 316 valence electrons. The van der Waals surface area contributed by atoms with Crippen molar-refractivity contribution in [1.82, 2.24) is 0 Å². The predicted octanol–water partition coefficient (Wildman–Crippen LogP) is 3.27. The second-order valence-corrected chi connectivity index (χ2v) is 20.6. The SMILES string of the molecule is CC1(C)CC[C@]2(C)CC[C@]3(C)C(=CC(=O)[C@@H]4[C@@]5(C)CC[C@H](O[C@H]6OC(OC=O)[C@@H](O)[C@H](O)C6O[C@@H]6OC(OC=O)[C@@H](O)[C@H](O)C6O)C(C)(C)[C@@H]5CC[C@]43C)[C@@H]2C1. The summed E-state index contributed by atoms with van der Waals surface area (Å²) in [6, 6.07) is 0. The van der Waals surface area contributed by atoms with E-state index in [0.29, 0.717) is 18.8 Å². The molecule has 0 amide bonds. The van der Waals surface area contributed by atoms with Crippen LogP contribution in [-0.4, -0.2) is 112 Å². The molecule has 0 bridgehead atoms. The van der Waals surface area contributed by atoms with Gasteiger partial charge in [0.15, 0.2) is 18.4 Å². The number of allylic oxidation sites excluding steroid dienone is 2. The Labute approximate surface area is 329 Å². The molecule has 7 aliphatic rings. The van der Waals surface area contributed by atoms with Crippen molar-refractivity contribution in [2.24, 2.45) is 50.2 Å². The van der Waals surface area contributed by atoms with E-state index in [1.54, 1.807) is 0 Å². The van der Waals surface area contributed by atoms with E-state index in [0.717, 1.165) is 32.1 Å². The Morgan fingerprint density at radius 3 is 1.91 bits per heavy atom. The van der Waals surface area contributed by atoms with E-state index in [1.165, 1.54) is 18.4 Å². The highest BCUT2D eigenvalue weighted by molar-refractivity contribution is 5.95. The van der Waals surface area contributed by atoms with E-state index in [9.17, 15) is 39.9 Å². The number of rotatable bonds is 8. The third kappa shape index (κ3) is 6.34. The van der Waals surface area contributed by atoms with Gasteiger partial charge in [-0.1, -0.05) is 61.0 Å². The minimum absolute atomic E-state index is 0.00377. The van der Waals surface area contributed by atoms with E-state index in [4.69, 9.17) is 28.4 Å². The van der Waals surface area contributed by atoms with Crippen molar-refractivity contribution in [1.29, 1.82) is 0 Å². The largest absolute Gasteiger partial charge is 0.435 e. The van der Waals surface area contributed by atoms with Gasteiger partial charge in [0.25, 0.3) is 12.9 Å². The predicted molar refractivity (Wildman–Crippen MR) is 197 cm³/mol. The van der Waals surface area contributed by atoms with Crippen LogP contribution in [0, 0.1) is 50.2 Å². The molecule has 2 heterocycles. The first-order chi connectivity index (χ1) is 26.1. The van der Waals surface area contributed by atoms with Crippen LogP contribution < -0.4 is 0 Å². The molecule has 14 heteroatoms. The molecule has 18 atom stereocenters. The Morgan fingerprint density at radius 1 is 0.679 bits per heavy atom. The summed E-state index contributed by atoms with van der Waals surface area (Å²) in [5, 5.41) is 53.6. The van der Waals surface area contributed by atoms with Crippen LogP contribution in [0.1, 0.15) is 113 Å². The van der Waals surface area contributed by atoms with Crippen LogP contribution in [0.25, 0.3) is 0 Å². The molecule has 0 spiro atoms. The lowest BCUT2D eigenvalue weighted by molar-refractivity contribution is -0.404. The summed E-state index contributed by atoms with van der Waals surface area (Å²) < 4.78 is 33.7. The Bertz CT molecular complexity index is 1560. The van der Waals surface area contributed by atoms with Gasteiger partial charge in [0.05, 0.1) is 6.10 Å². The van der Waals surface area contributed by atoms with Crippen LogP contribution in [0.4, 0.5) is 0 Å². The fourth-order valence-corrected chi connectivity index (χ4v) is 13.2. The van der Waals surface area contributed by atoms with Crippen LogP contribution >= 0.6 is 0 Å². The normalized spacial score (nSPS) is 52.2. The first-order valence-corrected chi connectivity index (χ1v) is 20.5. The number of carbonyl (C=O) groups is 3. The number of ether oxygens (including phenoxy) is 6. The van der Waals surface area contributed by atoms with Crippen molar-refractivity contribution in [2.45, 2.75) is 181 Å². The summed E-state index contributed by atoms with van der Waals surface area (Å²) in [6.07, 6.45) is -7.20. The molecule has 7 rings (SSSR count). The average Bonchev–Trinajstić information content (AvgIpc) is 3.12. The molecule has 56 heavy (non-hydrogen) atoms. The zero-order valence-electron chi connectivity index (χ0n) is 34.1. The molecular formula is C42H64O14. The lowest BCUT2D eigenvalue weighted by atomic mass is 9.33. The molecule has 0 radical (unpaired) electrons. The highest BCUT2D eigenvalue weighted by Gasteiger charge is 2.70. The summed E-state index contributed by atoms with van der Waals surface area (Å²) in [5.74, 6) is 0.474. The minimum Gasteiger partial charge on any atom is -0.435 e. The molecule has 2 saturated heterocycles. The number of carbonyl (C=O) groups excluding carboxylic acids is 3. The Balaban J connectivity index is 1.16. The van der Waals surface area contributed by atoms with Crippen LogP contribution in [0.15, 0.2) is 11.6 Å². The number of aliphatic hydroxyl groups excluding tert-OH is 5. The van der Waals surface area contributed by atoms with Gasteiger partial charge in [-0.25, -0.2) is 0 Å². The third-order valence-corrected chi connectivity index (χ3v) is 16.7. The average molecular weight is 793 g/mol. The summed E-state index contributed by atoms with van der Waals surface area (Å²) in [7, 11) is 0. The van der Waals surface area contributed by atoms with Crippen molar-refractivity contribution in [3.63, 3.8) is 0 Å². The second-order valence-electron chi connectivity index (χ2n) is 20.6. The van der Waals surface area contributed by atoms with Crippen LogP contribution in [0.5, 0.6) is 0 Å². The van der Waals surface area contributed by atoms with Gasteiger partial charge >= 0.3 is 0 Å². The van der Waals surface area contributed by atoms with Gasteiger partial charge in [-0.2, -0.15) is 0 Å². The number of aliphatic hydroxyl groups is 5. The van der Waals surface area contributed by atoms with E-state index in [1.807, 2.05) is 0 Å². The molecule has 6 fully saturated rings. The first kappa shape index (κ1) is 42.1. The molecule has 0 aromatic rings. The fraction of sp³-hybridized carbons (Fsp3) is 0.881. The maximum atomic E-state index is 14.8. The molecular weight excluding hydrogens is 728 g/mol. The number of fused-ring (bicyclic) bond motifs is 7. The van der Waals surface area contributed by atoms with Crippen molar-refractivity contribution in [2.75, 3.05) is 0 Å². The van der Waals surface area contributed by atoms with E-state index in [2.05, 4.69) is 61.5 Å². The first-order valence-electron chi connectivity index (χ1n) is 20.5. The van der Waals surface area contributed by atoms with Gasteiger partial charge in [-0.05, 0) is 108 Å². The lowest BCUT2D eigenvalue weighted by Gasteiger charge is -2.70. The fourth-order valence-electron chi connectivity index (χ4n) is 13.2. The van der Waals surface area contributed by atoms with Gasteiger partial charge < -0.3 is 54.0 Å².